The summed E-state index contributed by atoms with van der Waals surface area (Å²) in [5.41, 5.74) is 7.46. The van der Waals surface area contributed by atoms with E-state index in [1.54, 1.807) is 6.07 Å². The van der Waals surface area contributed by atoms with Gasteiger partial charge in [-0.25, -0.2) is 0 Å². The van der Waals surface area contributed by atoms with Crippen LogP contribution in [0.15, 0.2) is 18.2 Å². The largest absolute Gasteiger partial charge is 0.508 e. The molecule has 0 spiro atoms. The summed E-state index contributed by atoms with van der Waals surface area (Å²) in [6.07, 6.45) is 0. The molecular weight excluding hydrogens is 202 g/mol. The first-order chi connectivity index (χ1) is 7.74. The fraction of sp³-hybridized carbons (Fsp3) is 0.500. The highest BCUT2D eigenvalue weighted by Gasteiger charge is 1.99. The van der Waals surface area contributed by atoms with Crippen molar-refractivity contribution in [3.05, 3.63) is 29.3 Å². The fourth-order valence-electron chi connectivity index (χ4n) is 1.48. The lowest BCUT2D eigenvalue weighted by Crippen LogP contribution is -2.30. The van der Waals surface area contributed by atoms with E-state index in [4.69, 9.17) is 5.73 Å². The molecule has 0 unspecified atom stereocenters. The molecule has 0 atom stereocenters. The minimum atomic E-state index is 0.355. The molecule has 0 amide bonds. The van der Waals surface area contributed by atoms with Crippen molar-refractivity contribution in [2.24, 2.45) is 5.73 Å². The van der Waals surface area contributed by atoms with Crippen LogP contribution in [0.2, 0.25) is 0 Å². The van der Waals surface area contributed by atoms with Gasteiger partial charge in [0.1, 0.15) is 5.75 Å². The number of aromatic hydroxyl groups is 1. The Labute approximate surface area is 96.9 Å². The van der Waals surface area contributed by atoms with E-state index in [1.165, 1.54) is 0 Å². The summed E-state index contributed by atoms with van der Waals surface area (Å²) in [6.45, 7) is 5.98. The van der Waals surface area contributed by atoms with Crippen molar-refractivity contribution < 1.29 is 5.11 Å². The standard InChI is InChI=1S/C12H21N3O/c1-10-2-3-12(16)11(8-10)9-15-7-6-14-5-4-13/h2-3,8,14-16H,4-7,9,13H2,1H3. The lowest BCUT2D eigenvalue weighted by molar-refractivity contribution is 0.464. The Hall–Kier alpha value is -1.10. The topological polar surface area (TPSA) is 70.3 Å². The zero-order valence-corrected chi connectivity index (χ0v) is 9.79. The van der Waals surface area contributed by atoms with Crippen molar-refractivity contribution in [1.29, 1.82) is 0 Å². The summed E-state index contributed by atoms with van der Waals surface area (Å²) in [6, 6.07) is 5.64. The van der Waals surface area contributed by atoms with Gasteiger partial charge in [-0.2, -0.15) is 0 Å². The van der Waals surface area contributed by atoms with Crippen LogP contribution in [0.1, 0.15) is 11.1 Å². The molecule has 1 aromatic carbocycles. The van der Waals surface area contributed by atoms with Gasteiger partial charge in [0.25, 0.3) is 0 Å². The highest BCUT2D eigenvalue weighted by Crippen LogP contribution is 2.17. The first-order valence-electron chi connectivity index (χ1n) is 5.64. The molecule has 0 aromatic heterocycles. The van der Waals surface area contributed by atoms with E-state index in [2.05, 4.69) is 10.6 Å². The lowest BCUT2D eigenvalue weighted by Gasteiger charge is -2.08. The van der Waals surface area contributed by atoms with Crippen molar-refractivity contribution in [3.63, 3.8) is 0 Å². The Morgan fingerprint density at radius 2 is 1.94 bits per heavy atom. The number of phenols is 1. The molecule has 0 saturated carbocycles. The van der Waals surface area contributed by atoms with Crippen molar-refractivity contribution in [2.45, 2.75) is 13.5 Å². The zero-order chi connectivity index (χ0) is 11.8. The van der Waals surface area contributed by atoms with Gasteiger partial charge >= 0.3 is 0 Å². The molecule has 1 aromatic rings. The van der Waals surface area contributed by atoms with Gasteiger partial charge in [-0.1, -0.05) is 17.7 Å². The van der Waals surface area contributed by atoms with Crippen LogP contribution in [0.25, 0.3) is 0 Å². The van der Waals surface area contributed by atoms with E-state index in [0.717, 1.165) is 30.8 Å². The molecule has 0 aliphatic heterocycles. The summed E-state index contributed by atoms with van der Waals surface area (Å²) in [5.74, 6) is 0.355. The van der Waals surface area contributed by atoms with Gasteiger partial charge in [-0.15, -0.1) is 0 Å². The van der Waals surface area contributed by atoms with Crippen molar-refractivity contribution in [2.75, 3.05) is 26.2 Å². The predicted octanol–water partition coefficient (Wildman–Crippen LogP) is 0.339. The van der Waals surface area contributed by atoms with Crippen LogP contribution in [0.4, 0.5) is 0 Å². The molecule has 0 fully saturated rings. The SMILES string of the molecule is Cc1ccc(O)c(CNCCNCCN)c1. The molecule has 4 heteroatoms. The molecule has 0 radical (unpaired) electrons. The van der Waals surface area contributed by atoms with Gasteiger partial charge in [0.15, 0.2) is 0 Å². The predicted molar refractivity (Wildman–Crippen MR) is 66.5 cm³/mol. The van der Waals surface area contributed by atoms with Crippen LogP contribution < -0.4 is 16.4 Å². The third kappa shape index (κ3) is 4.61. The number of phenolic OH excluding ortho intramolecular Hbond substituents is 1. The normalized spacial score (nSPS) is 10.6. The summed E-state index contributed by atoms with van der Waals surface area (Å²) in [5, 5.41) is 16.1. The van der Waals surface area contributed by atoms with E-state index in [0.29, 0.717) is 18.8 Å². The minimum Gasteiger partial charge on any atom is -0.508 e. The number of benzene rings is 1. The number of nitrogens with two attached hydrogens (primary N) is 1. The number of rotatable bonds is 7. The third-order valence-corrected chi connectivity index (χ3v) is 2.35. The van der Waals surface area contributed by atoms with Crippen LogP contribution in [-0.4, -0.2) is 31.3 Å². The fourth-order valence-corrected chi connectivity index (χ4v) is 1.48. The lowest BCUT2D eigenvalue weighted by atomic mass is 10.1. The average Bonchev–Trinajstić information content (AvgIpc) is 2.28. The Morgan fingerprint density at radius 3 is 2.69 bits per heavy atom. The Bertz CT molecular complexity index is 315. The second-order valence-electron chi connectivity index (χ2n) is 3.85. The van der Waals surface area contributed by atoms with E-state index >= 15 is 0 Å². The first-order valence-corrected chi connectivity index (χ1v) is 5.64. The van der Waals surface area contributed by atoms with Gasteiger partial charge in [0, 0.05) is 38.3 Å². The number of hydrogen-bond acceptors (Lipinski definition) is 4. The van der Waals surface area contributed by atoms with Crippen LogP contribution in [-0.2, 0) is 6.54 Å². The molecule has 5 N–H and O–H groups in total. The summed E-state index contributed by atoms with van der Waals surface area (Å²) < 4.78 is 0. The number of aryl methyl sites for hydroxylation is 1. The molecule has 0 saturated heterocycles. The summed E-state index contributed by atoms with van der Waals surface area (Å²) >= 11 is 0. The number of hydrogen-bond donors (Lipinski definition) is 4. The summed E-state index contributed by atoms with van der Waals surface area (Å²) in [7, 11) is 0. The molecule has 0 bridgehead atoms. The van der Waals surface area contributed by atoms with Crippen molar-refractivity contribution in [3.8, 4) is 5.75 Å². The van der Waals surface area contributed by atoms with Gasteiger partial charge in [-0.3, -0.25) is 0 Å². The molecule has 16 heavy (non-hydrogen) atoms. The zero-order valence-electron chi connectivity index (χ0n) is 9.79. The van der Waals surface area contributed by atoms with E-state index in [9.17, 15) is 5.11 Å². The second-order valence-corrected chi connectivity index (χ2v) is 3.85. The Balaban J connectivity index is 2.23. The molecule has 0 aliphatic rings. The molecular formula is C12H21N3O. The minimum absolute atomic E-state index is 0.355. The monoisotopic (exact) mass is 223 g/mol. The van der Waals surface area contributed by atoms with Crippen LogP contribution >= 0.6 is 0 Å². The average molecular weight is 223 g/mol. The number of nitrogens with one attached hydrogen (secondary N) is 2. The van der Waals surface area contributed by atoms with E-state index < -0.39 is 0 Å². The highest BCUT2D eigenvalue weighted by atomic mass is 16.3. The van der Waals surface area contributed by atoms with Crippen LogP contribution in [0.3, 0.4) is 0 Å². The quantitative estimate of drug-likeness (QED) is 0.503. The van der Waals surface area contributed by atoms with E-state index in [1.807, 2.05) is 19.1 Å². The third-order valence-electron chi connectivity index (χ3n) is 2.35. The van der Waals surface area contributed by atoms with Gasteiger partial charge < -0.3 is 21.5 Å². The molecule has 0 aliphatic carbocycles. The molecule has 1 rings (SSSR count). The van der Waals surface area contributed by atoms with Gasteiger partial charge in [-0.05, 0) is 13.0 Å². The second kappa shape index (κ2) is 7.22. The van der Waals surface area contributed by atoms with Gasteiger partial charge in [0.2, 0.25) is 0 Å². The van der Waals surface area contributed by atoms with Crippen LogP contribution in [0, 0.1) is 6.92 Å². The first kappa shape index (κ1) is 13.0. The van der Waals surface area contributed by atoms with Crippen molar-refractivity contribution in [1.82, 2.24) is 10.6 Å². The van der Waals surface area contributed by atoms with E-state index in [-0.39, 0.29) is 0 Å². The summed E-state index contributed by atoms with van der Waals surface area (Å²) in [4.78, 5) is 0. The maximum absolute atomic E-state index is 9.60. The smallest absolute Gasteiger partial charge is 0.120 e. The maximum Gasteiger partial charge on any atom is 0.120 e. The highest BCUT2D eigenvalue weighted by molar-refractivity contribution is 5.35. The maximum atomic E-state index is 9.60. The molecule has 90 valence electrons. The Morgan fingerprint density at radius 1 is 1.19 bits per heavy atom. The Kier molecular flexibility index (Phi) is 5.85. The van der Waals surface area contributed by atoms with Crippen LogP contribution in [0.5, 0.6) is 5.75 Å². The van der Waals surface area contributed by atoms with Crippen molar-refractivity contribution >= 4 is 0 Å². The van der Waals surface area contributed by atoms with Gasteiger partial charge in [0.05, 0.1) is 0 Å². The molecule has 0 heterocycles. The molecule has 4 nitrogen and oxygen atoms in total.